The van der Waals surface area contributed by atoms with Gasteiger partial charge in [0, 0.05) is 12.8 Å². The second-order valence-corrected chi connectivity index (χ2v) is 20.6. The van der Waals surface area contributed by atoms with E-state index in [-0.39, 0.29) is 31.6 Å². The molecule has 0 aliphatic heterocycles. The van der Waals surface area contributed by atoms with E-state index in [2.05, 4.69) is 81.5 Å². The first kappa shape index (κ1) is 68.8. The topological polar surface area (TPSA) is 78.9 Å². The molecule has 0 aromatic rings. The predicted octanol–water partition coefficient (Wildman–Crippen LogP) is 20.9. The fourth-order valence-corrected chi connectivity index (χ4v) is 8.87. The second-order valence-electron chi connectivity index (χ2n) is 20.6. The highest BCUT2D eigenvalue weighted by Gasteiger charge is 2.19. The molecule has 416 valence electrons. The lowest BCUT2D eigenvalue weighted by atomic mass is 10.0. The van der Waals surface area contributed by atoms with Crippen LogP contribution in [0.15, 0.2) is 72.9 Å². The molecule has 6 nitrogen and oxygen atoms in total. The molecular weight excluding hydrogens is 889 g/mol. The maximum absolute atomic E-state index is 12.8. The van der Waals surface area contributed by atoms with Crippen LogP contribution in [0.25, 0.3) is 0 Å². The van der Waals surface area contributed by atoms with Crippen LogP contribution >= 0.6 is 0 Å². The third kappa shape index (κ3) is 57.7. The van der Waals surface area contributed by atoms with Gasteiger partial charge in [0.05, 0.1) is 6.42 Å². The van der Waals surface area contributed by atoms with Crippen molar-refractivity contribution >= 4 is 17.9 Å². The van der Waals surface area contributed by atoms with E-state index in [0.717, 1.165) is 83.5 Å². The summed E-state index contributed by atoms with van der Waals surface area (Å²) in [6.07, 6.45) is 78.1. The van der Waals surface area contributed by atoms with E-state index in [1.54, 1.807) is 6.08 Å². The van der Waals surface area contributed by atoms with Gasteiger partial charge in [-0.15, -0.1) is 0 Å². The standard InChI is InChI=1S/C66H116O6/c1-4-7-10-13-16-19-22-25-27-28-29-30-31-32-33-34-35-36-37-39-41-44-47-50-53-56-59-65(68)71-62-63(61-70-64(67)58-55-52-49-46-43-40-24-21-18-15-12-9-6-3)72-66(69)60-57-54-51-48-45-42-38-26-23-20-17-14-11-8-5-2/h8,11,17,20-21,24,26,38,45,48,54,57,63H,4-7,9-10,12-16,18-19,22-23,25,27-37,39-44,46-47,49-53,55-56,58-62H2,1-3H3/b11-8-,20-17-,24-21-,38-26-,48-45-,57-54-. The highest BCUT2D eigenvalue weighted by atomic mass is 16.6. The Morgan fingerprint density at radius 3 is 0.917 bits per heavy atom. The number of allylic oxidation sites excluding steroid dienone is 11. The number of unbranched alkanes of at least 4 members (excludes halogenated alkanes) is 34. The minimum absolute atomic E-state index is 0.0975. The largest absolute Gasteiger partial charge is 0.462 e. The van der Waals surface area contributed by atoms with E-state index in [9.17, 15) is 14.4 Å². The van der Waals surface area contributed by atoms with Crippen molar-refractivity contribution in [3.63, 3.8) is 0 Å². The molecule has 0 aliphatic carbocycles. The minimum atomic E-state index is -0.832. The Balaban J connectivity index is 4.29. The van der Waals surface area contributed by atoms with Crippen LogP contribution in [0.4, 0.5) is 0 Å². The lowest BCUT2D eigenvalue weighted by molar-refractivity contribution is -0.166. The van der Waals surface area contributed by atoms with Gasteiger partial charge in [-0.3, -0.25) is 14.4 Å². The maximum Gasteiger partial charge on any atom is 0.310 e. The van der Waals surface area contributed by atoms with Crippen LogP contribution in [-0.4, -0.2) is 37.2 Å². The summed E-state index contributed by atoms with van der Waals surface area (Å²) < 4.78 is 16.8. The van der Waals surface area contributed by atoms with Crippen molar-refractivity contribution in [2.45, 2.75) is 316 Å². The summed E-state index contributed by atoms with van der Waals surface area (Å²) in [5.74, 6) is -1.04. The van der Waals surface area contributed by atoms with Gasteiger partial charge < -0.3 is 14.2 Å². The Bertz CT molecular complexity index is 1340. The van der Waals surface area contributed by atoms with Crippen molar-refractivity contribution in [1.29, 1.82) is 0 Å². The molecular formula is C66H116O6. The molecule has 0 amide bonds. The number of rotatable bonds is 56. The van der Waals surface area contributed by atoms with Gasteiger partial charge >= 0.3 is 17.9 Å². The summed E-state index contributed by atoms with van der Waals surface area (Å²) in [6, 6.07) is 0. The molecule has 0 aliphatic rings. The van der Waals surface area contributed by atoms with Gasteiger partial charge in [-0.2, -0.15) is 0 Å². The molecule has 0 fully saturated rings. The maximum atomic E-state index is 12.8. The van der Waals surface area contributed by atoms with Crippen molar-refractivity contribution in [2.24, 2.45) is 0 Å². The monoisotopic (exact) mass is 1000 g/mol. The van der Waals surface area contributed by atoms with Crippen LogP contribution in [0.1, 0.15) is 310 Å². The molecule has 0 saturated carbocycles. The van der Waals surface area contributed by atoms with Crippen molar-refractivity contribution < 1.29 is 28.6 Å². The van der Waals surface area contributed by atoms with Gasteiger partial charge in [0.15, 0.2) is 6.10 Å². The molecule has 0 aromatic heterocycles. The van der Waals surface area contributed by atoms with Crippen molar-refractivity contribution in [3.05, 3.63) is 72.9 Å². The first-order valence-electron chi connectivity index (χ1n) is 30.9. The van der Waals surface area contributed by atoms with Gasteiger partial charge in [-0.25, -0.2) is 0 Å². The van der Waals surface area contributed by atoms with Crippen LogP contribution in [0, 0.1) is 0 Å². The molecule has 72 heavy (non-hydrogen) atoms. The van der Waals surface area contributed by atoms with Gasteiger partial charge in [-0.1, -0.05) is 293 Å². The van der Waals surface area contributed by atoms with E-state index >= 15 is 0 Å². The summed E-state index contributed by atoms with van der Waals surface area (Å²) in [7, 11) is 0. The highest BCUT2D eigenvalue weighted by Crippen LogP contribution is 2.17. The summed E-state index contributed by atoms with van der Waals surface area (Å²) in [6.45, 7) is 6.45. The van der Waals surface area contributed by atoms with E-state index < -0.39 is 12.1 Å². The number of esters is 3. The lowest BCUT2D eigenvalue weighted by Gasteiger charge is -2.18. The molecule has 1 atom stereocenters. The zero-order valence-electron chi connectivity index (χ0n) is 47.7. The zero-order chi connectivity index (χ0) is 52.2. The number of carbonyl (C=O) groups is 3. The molecule has 0 bridgehead atoms. The van der Waals surface area contributed by atoms with Crippen molar-refractivity contribution in [2.75, 3.05) is 13.2 Å². The normalized spacial score (nSPS) is 12.5. The van der Waals surface area contributed by atoms with Crippen molar-refractivity contribution in [3.8, 4) is 0 Å². The average molecular weight is 1010 g/mol. The molecule has 1 unspecified atom stereocenters. The zero-order valence-corrected chi connectivity index (χ0v) is 47.7. The fraction of sp³-hybridized carbons (Fsp3) is 0.773. The van der Waals surface area contributed by atoms with Crippen LogP contribution in [0.2, 0.25) is 0 Å². The summed E-state index contributed by atoms with van der Waals surface area (Å²) in [5, 5.41) is 0. The molecule has 0 heterocycles. The second kappa shape index (κ2) is 60.4. The minimum Gasteiger partial charge on any atom is -0.462 e. The number of hydrogen-bond donors (Lipinski definition) is 0. The summed E-state index contributed by atoms with van der Waals surface area (Å²) >= 11 is 0. The van der Waals surface area contributed by atoms with E-state index in [1.807, 2.05) is 6.08 Å². The third-order valence-electron chi connectivity index (χ3n) is 13.5. The predicted molar refractivity (Wildman–Crippen MR) is 311 cm³/mol. The van der Waals surface area contributed by atoms with Crippen LogP contribution < -0.4 is 0 Å². The Kier molecular flexibility index (Phi) is 57.8. The molecule has 0 N–H and O–H groups in total. The first-order valence-corrected chi connectivity index (χ1v) is 30.9. The molecule has 0 spiro atoms. The van der Waals surface area contributed by atoms with Gasteiger partial charge in [-0.05, 0) is 70.6 Å². The van der Waals surface area contributed by atoms with Crippen LogP contribution in [0.3, 0.4) is 0 Å². The van der Waals surface area contributed by atoms with Crippen LogP contribution in [-0.2, 0) is 28.6 Å². The molecule has 0 aromatic carbocycles. The smallest absolute Gasteiger partial charge is 0.310 e. The van der Waals surface area contributed by atoms with Gasteiger partial charge in [0.2, 0.25) is 0 Å². The quantitative estimate of drug-likeness (QED) is 0.0261. The fourth-order valence-electron chi connectivity index (χ4n) is 8.87. The Labute approximate surface area is 446 Å². The first-order chi connectivity index (χ1) is 35.5. The molecule has 0 rings (SSSR count). The van der Waals surface area contributed by atoms with Crippen molar-refractivity contribution in [1.82, 2.24) is 0 Å². The van der Waals surface area contributed by atoms with Crippen LogP contribution in [0.5, 0.6) is 0 Å². The van der Waals surface area contributed by atoms with E-state index in [0.29, 0.717) is 12.8 Å². The number of ether oxygens (including phenoxy) is 3. The SMILES string of the molecule is CC/C=C\C/C=C\C/C=C\C/C=C\C/C=C\CC(=O)OC(COC(=O)CCCCCCC/C=C\CCCCCC)COC(=O)CCCCCCCCCCCCCCCCCCCCCCCCCCCC. The third-order valence-corrected chi connectivity index (χ3v) is 13.5. The molecule has 0 saturated heterocycles. The van der Waals surface area contributed by atoms with Gasteiger partial charge in [0.25, 0.3) is 0 Å². The molecule has 0 radical (unpaired) electrons. The highest BCUT2D eigenvalue weighted by molar-refractivity contribution is 5.72. The number of carbonyl (C=O) groups excluding carboxylic acids is 3. The summed E-state index contributed by atoms with van der Waals surface area (Å²) in [5.41, 5.74) is 0. The summed E-state index contributed by atoms with van der Waals surface area (Å²) in [4.78, 5) is 38.1. The molecule has 6 heteroatoms. The lowest BCUT2D eigenvalue weighted by Crippen LogP contribution is -2.30. The Hall–Kier alpha value is -3.15. The van der Waals surface area contributed by atoms with Gasteiger partial charge in [0.1, 0.15) is 13.2 Å². The van der Waals surface area contributed by atoms with E-state index in [4.69, 9.17) is 14.2 Å². The number of hydrogen-bond acceptors (Lipinski definition) is 6. The Morgan fingerprint density at radius 2 is 0.583 bits per heavy atom. The Morgan fingerprint density at radius 1 is 0.306 bits per heavy atom. The van der Waals surface area contributed by atoms with E-state index in [1.165, 1.54) is 186 Å². The average Bonchev–Trinajstić information content (AvgIpc) is 3.38.